The summed E-state index contributed by atoms with van der Waals surface area (Å²) >= 11 is 0. The van der Waals surface area contributed by atoms with Crippen LogP contribution >= 0.6 is 0 Å². The minimum atomic E-state index is -5.45. The molecule has 36 heteroatoms. The van der Waals surface area contributed by atoms with Crippen molar-refractivity contribution >= 4 is 146 Å². The van der Waals surface area contributed by atoms with E-state index in [1.54, 1.807) is 13.8 Å². The maximum Gasteiger partial charge on any atom is 1.00 e. The third-order valence-corrected chi connectivity index (χ3v) is 17.7. The maximum atomic E-state index is 13.7. The molecule has 0 unspecified atom stereocenters. The maximum absolute atomic E-state index is 13.7. The molecule has 0 spiro atoms. The van der Waals surface area contributed by atoms with Gasteiger partial charge in [0.1, 0.15) is 19.6 Å². The van der Waals surface area contributed by atoms with Crippen LogP contribution < -0.4 is 61.5 Å². The van der Waals surface area contributed by atoms with Crippen molar-refractivity contribution in [2.45, 2.75) is 43.2 Å². The van der Waals surface area contributed by atoms with Gasteiger partial charge in [-0.15, -0.1) is 0 Å². The van der Waals surface area contributed by atoms with E-state index in [2.05, 4.69) is 31.9 Å². The number of hydrogen-bond acceptors (Lipinski definition) is 17. The van der Waals surface area contributed by atoms with Gasteiger partial charge in [-0.2, -0.15) is 50.5 Å². The summed E-state index contributed by atoms with van der Waals surface area (Å²) in [4.78, 5) is 60.8. The first-order valence-corrected chi connectivity index (χ1v) is 32.2. The fourth-order valence-corrected chi connectivity index (χ4v) is 12.6. The molecule has 87 heavy (non-hydrogen) atoms. The quantitative estimate of drug-likeness (QED) is 0.0484. The van der Waals surface area contributed by atoms with Crippen LogP contribution in [0.5, 0.6) is 0 Å². The molecule has 12 N–H and O–H groups in total. The zero-order valence-electron chi connectivity index (χ0n) is 44.3. The smallest absolute Gasteiger partial charge is 0.322 e. The summed E-state index contributed by atoms with van der Waals surface area (Å²) in [6.45, 7) is 3.12. The first-order valence-electron chi connectivity index (χ1n) is 23.6. The van der Waals surface area contributed by atoms with Gasteiger partial charge in [0.2, 0.25) is 0 Å². The van der Waals surface area contributed by atoms with Gasteiger partial charge in [-0.3, -0.25) is 46.5 Å². The van der Waals surface area contributed by atoms with Crippen LogP contribution in [0.2, 0.25) is 0 Å². The van der Waals surface area contributed by atoms with Gasteiger partial charge in [0.15, 0.2) is 0 Å². The van der Waals surface area contributed by atoms with E-state index in [9.17, 15) is 102 Å². The minimum Gasteiger partial charge on any atom is -0.322 e. The Kier molecular flexibility index (Phi) is 18.8. The summed E-state index contributed by atoms with van der Waals surface area (Å²) in [6, 6.07) is 22.6. The summed E-state index contributed by atoms with van der Waals surface area (Å²) < 4.78 is 206. The third-order valence-electron chi connectivity index (χ3n) is 12.5. The summed E-state index contributed by atoms with van der Waals surface area (Å²) in [6.07, 6.45) is 0. The molecular weight excluding hydrogens is 1280 g/mol. The summed E-state index contributed by atoms with van der Waals surface area (Å²) in [5.74, 6) is -3.56. The predicted molar refractivity (Wildman–Crippen MR) is 306 cm³/mol. The molecule has 448 valence electrons. The van der Waals surface area contributed by atoms with Crippen LogP contribution in [-0.2, 0) is 60.7 Å². The number of benzene rings is 8. The Morgan fingerprint density at radius 3 is 0.943 bits per heavy atom. The van der Waals surface area contributed by atoms with Gasteiger partial charge >= 0.3 is 35.6 Å². The molecule has 0 aromatic heterocycles. The van der Waals surface area contributed by atoms with Crippen molar-refractivity contribution in [1.82, 2.24) is 0 Å². The van der Waals surface area contributed by atoms with Crippen LogP contribution in [0.4, 0.5) is 38.9 Å². The Hall–Kier alpha value is -8.11. The van der Waals surface area contributed by atoms with Gasteiger partial charge in [-0.05, 0) is 134 Å². The van der Waals surface area contributed by atoms with E-state index in [1.165, 1.54) is 84.9 Å². The summed E-state index contributed by atoms with van der Waals surface area (Å²) in [7, 11) is -31.9. The fraction of sp³-hybridized carbons (Fsp3) is 0.0392. The summed E-state index contributed by atoms with van der Waals surface area (Å²) in [5, 5.41) is 11.8. The third kappa shape index (κ3) is 15.2. The van der Waals surface area contributed by atoms with Crippen LogP contribution in [0, 0.1) is 13.8 Å². The van der Waals surface area contributed by atoms with Crippen LogP contribution in [0.15, 0.2) is 163 Å². The molecule has 0 fully saturated rings. The van der Waals surface area contributed by atoms with Crippen LogP contribution in [0.3, 0.4) is 0 Å². The van der Waals surface area contributed by atoms with Crippen LogP contribution in [0.1, 0.15) is 52.6 Å². The number of urea groups is 1. The number of carbonyl (C=O) groups is 5. The first-order chi connectivity index (χ1) is 39.8. The molecule has 0 aliphatic rings. The topological polar surface area (TPSA) is 484 Å². The van der Waals surface area contributed by atoms with Crippen molar-refractivity contribution in [3.63, 3.8) is 0 Å². The number of aryl methyl sites for hydroxylation is 2. The molecule has 0 atom stereocenters. The molecular formula is C51H40N6NaO23S6+. The van der Waals surface area contributed by atoms with Gasteiger partial charge in [-0.1, -0.05) is 24.3 Å². The zero-order valence-corrected chi connectivity index (χ0v) is 51.2. The summed E-state index contributed by atoms with van der Waals surface area (Å²) in [5.41, 5.74) is -0.385. The van der Waals surface area contributed by atoms with E-state index in [0.717, 1.165) is 12.1 Å². The number of carbonyl (C=O) groups excluding carboxylic acids is 5. The van der Waals surface area contributed by atoms with E-state index < -0.39 is 153 Å². The van der Waals surface area contributed by atoms with Crippen molar-refractivity contribution in [3.8, 4) is 0 Å². The molecule has 8 rings (SSSR count). The monoisotopic (exact) mass is 1320 g/mol. The van der Waals surface area contributed by atoms with Gasteiger partial charge in [0.05, 0.1) is 21.2 Å². The van der Waals surface area contributed by atoms with E-state index in [1.807, 2.05) is 0 Å². The van der Waals surface area contributed by atoms with Crippen molar-refractivity contribution in [1.29, 1.82) is 0 Å². The normalized spacial score (nSPS) is 12.1. The van der Waals surface area contributed by atoms with Crippen molar-refractivity contribution < 1.29 is 131 Å². The number of hydrogen-bond donors (Lipinski definition) is 12. The Morgan fingerprint density at radius 2 is 0.632 bits per heavy atom. The minimum absolute atomic E-state index is 0. The second kappa shape index (κ2) is 24.6. The second-order valence-electron chi connectivity index (χ2n) is 18.4. The molecule has 8 aromatic carbocycles. The molecule has 0 saturated carbocycles. The predicted octanol–water partition coefficient (Wildman–Crippen LogP) is 3.75. The molecule has 0 radical (unpaired) electrons. The van der Waals surface area contributed by atoms with E-state index in [4.69, 9.17) is 0 Å². The van der Waals surface area contributed by atoms with Gasteiger partial charge in [0.25, 0.3) is 84.3 Å². The van der Waals surface area contributed by atoms with E-state index >= 15 is 0 Å². The second-order valence-corrected chi connectivity index (χ2v) is 26.8. The number of nitrogens with one attached hydrogen (secondary N) is 6. The molecule has 29 nitrogen and oxygen atoms in total. The molecule has 6 amide bonds. The number of rotatable bonds is 16. The average molecular weight is 1320 g/mol. The Bertz CT molecular complexity index is 4720. The number of anilines is 6. The van der Waals surface area contributed by atoms with Crippen LogP contribution in [0.25, 0.3) is 21.5 Å². The Balaban J connectivity index is 0.0000108. The SMILES string of the molecule is Cc1ccc(C(=O)Nc2ccc(S(=O)(=O)O)c3cc(S(=O)(=O)O)cc(S(=O)(=O)O)c23)cc1NC(=O)c1cccc(NC(=O)Nc2cccc(C(=O)Nc3cc(C(=O)Nc4ccc(S(=O)(=O)O)c5cc(S(=O)(=O)O)cc(S(=O)(=O)O)c45)ccc3C)c2)c1.[Na+]. The molecule has 0 heterocycles. The van der Waals surface area contributed by atoms with Crippen LogP contribution in [-0.4, -0.2) is 107 Å². The largest absolute Gasteiger partial charge is 1.00 e. The standard InChI is InChI=1S/C51H40N6O23S6.Na/c1-25-9-11-29(49(60)54-37-13-15-41(83(69,70)71)35-21-33(81(63,64)65)23-43(45(35)37)85(75,76)77)19-39(25)56-47(58)27-5-3-7-31(17-27)52-51(62)53-32-8-4-6-28(18-32)48(59)57-40-20-30(12-10-26(40)2)50(61)55-38-14-16-42(84(72,73)74)36-22-34(82(66,67)68)24-44(46(36)38)86(78,79)80;/h3-24H,1-2H3,(H,54,60)(H,55,61)(H,56,58)(H,57,59)(H2,52,53,62)(H,63,64,65)(H,66,67,68)(H,69,70,71)(H,72,73,74)(H,75,76,77)(H,78,79,80);/q;+1. The average Bonchev–Trinajstić information content (AvgIpc) is 0.808. The molecule has 8 aromatic rings. The van der Waals surface area contributed by atoms with Crippen molar-refractivity contribution in [2.75, 3.05) is 31.9 Å². The Labute approximate surface area is 515 Å². The fourth-order valence-electron chi connectivity index (χ4n) is 8.50. The van der Waals surface area contributed by atoms with Gasteiger partial charge in [0, 0.05) is 66.5 Å². The van der Waals surface area contributed by atoms with Crippen molar-refractivity contribution in [2.24, 2.45) is 0 Å². The molecule has 0 aliphatic carbocycles. The number of fused-ring (bicyclic) bond motifs is 2. The van der Waals surface area contributed by atoms with E-state index in [0.29, 0.717) is 47.5 Å². The first kappa shape index (κ1) is 66.4. The molecule has 0 saturated heterocycles. The number of amides is 6. The van der Waals surface area contributed by atoms with E-state index in [-0.39, 0.29) is 74.6 Å². The van der Waals surface area contributed by atoms with Crippen molar-refractivity contribution in [3.05, 3.63) is 167 Å². The van der Waals surface area contributed by atoms with Gasteiger partial charge < -0.3 is 31.9 Å². The molecule has 0 aliphatic heterocycles. The van der Waals surface area contributed by atoms with Gasteiger partial charge in [-0.25, -0.2) is 4.79 Å². The Morgan fingerprint density at radius 1 is 0.322 bits per heavy atom. The zero-order chi connectivity index (χ0) is 63.4. The molecule has 0 bridgehead atoms.